The number of anilines is 4. The van der Waals surface area contributed by atoms with Crippen LogP contribution in [0, 0.1) is 13.8 Å². The molecule has 144 valence electrons. The Morgan fingerprint density at radius 1 is 0.786 bits per heavy atom. The van der Waals surface area contributed by atoms with E-state index in [9.17, 15) is 0 Å². The first-order valence-corrected chi connectivity index (χ1v) is 9.95. The number of aryl methyl sites for hydroxylation is 1. The van der Waals surface area contributed by atoms with Crippen molar-refractivity contribution in [3.63, 3.8) is 0 Å². The van der Waals surface area contributed by atoms with E-state index >= 15 is 0 Å². The van der Waals surface area contributed by atoms with Gasteiger partial charge in [-0.3, -0.25) is 0 Å². The van der Waals surface area contributed by atoms with Crippen molar-refractivity contribution in [2.24, 2.45) is 0 Å². The van der Waals surface area contributed by atoms with E-state index in [2.05, 4.69) is 97.8 Å². The first kappa shape index (κ1) is 19.9. The van der Waals surface area contributed by atoms with Gasteiger partial charge >= 0.3 is 0 Å². The molecule has 0 unspecified atom stereocenters. The lowest BCUT2D eigenvalue weighted by atomic mass is 10.1. The van der Waals surface area contributed by atoms with E-state index in [1.54, 1.807) is 0 Å². The Bertz CT molecular complexity index is 934. The normalized spacial score (nSPS) is 10.6. The van der Waals surface area contributed by atoms with Crippen molar-refractivity contribution in [3.05, 3.63) is 83.9 Å². The minimum Gasteiger partial charge on any atom is -0.339 e. The van der Waals surface area contributed by atoms with Crippen molar-refractivity contribution in [2.45, 2.75) is 33.7 Å². The SMILES string of the molecule is Cc1cccc(NC(=S)Nc2ccc(N(c3ccccc3)C(C)C)cc2)c1C. The summed E-state index contributed by atoms with van der Waals surface area (Å²) in [5, 5.41) is 7.15. The number of hydrogen-bond donors (Lipinski definition) is 2. The van der Waals surface area contributed by atoms with Gasteiger partial charge in [-0.15, -0.1) is 0 Å². The first-order chi connectivity index (χ1) is 13.5. The van der Waals surface area contributed by atoms with E-state index in [-0.39, 0.29) is 0 Å². The van der Waals surface area contributed by atoms with Crippen molar-refractivity contribution in [2.75, 3.05) is 15.5 Å². The van der Waals surface area contributed by atoms with E-state index in [0.29, 0.717) is 11.2 Å². The van der Waals surface area contributed by atoms with Gasteiger partial charge in [0.2, 0.25) is 0 Å². The molecule has 0 aliphatic carbocycles. The summed E-state index contributed by atoms with van der Waals surface area (Å²) in [6, 6.07) is 25.3. The standard InChI is InChI=1S/C24H27N3S/c1-17(2)27(21-10-6-5-7-11-21)22-15-13-20(14-16-22)25-24(28)26-23-12-8-9-18(3)19(23)4/h5-17H,1-4H3,(H2,25,26,28). The number of benzene rings is 3. The molecule has 0 spiro atoms. The second-order valence-electron chi connectivity index (χ2n) is 7.17. The molecule has 0 radical (unpaired) electrons. The molecule has 2 N–H and O–H groups in total. The summed E-state index contributed by atoms with van der Waals surface area (Å²) in [7, 11) is 0. The summed E-state index contributed by atoms with van der Waals surface area (Å²) in [5.41, 5.74) is 6.78. The number of hydrogen-bond acceptors (Lipinski definition) is 2. The highest BCUT2D eigenvalue weighted by atomic mass is 32.1. The van der Waals surface area contributed by atoms with Crippen molar-refractivity contribution < 1.29 is 0 Å². The molecule has 0 amide bonds. The lowest BCUT2D eigenvalue weighted by molar-refractivity contribution is 0.789. The second-order valence-corrected chi connectivity index (χ2v) is 7.58. The molecule has 3 nitrogen and oxygen atoms in total. The number of nitrogens with zero attached hydrogens (tertiary/aromatic N) is 1. The van der Waals surface area contributed by atoms with Crippen LogP contribution >= 0.6 is 12.2 Å². The number of para-hydroxylation sites is 1. The maximum atomic E-state index is 5.49. The van der Waals surface area contributed by atoms with Gasteiger partial charge in [0.05, 0.1) is 0 Å². The van der Waals surface area contributed by atoms with Crippen LogP contribution < -0.4 is 15.5 Å². The monoisotopic (exact) mass is 389 g/mol. The molecule has 0 aliphatic heterocycles. The average Bonchev–Trinajstić information content (AvgIpc) is 2.67. The Morgan fingerprint density at radius 2 is 1.43 bits per heavy atom. The van der Waals surface area contributed by atoms with Gasteiger partial charge in [0.25, 0.3) is 0 Å². The van der Waals surface area contributed by atoms with Crippen molar-refractivity contribution in [1.82, 2.24) is 0 Å². The van der Waals surface area contributed by atoms with Crippen LogP contribution in [0.1, 0.15) is 25.0 Å². The average molecular weight is 390 g/mol. The van der Waals surface area contributed by atoms with Crippen LogP contribution in [0.2, 0.25) is 0 Å². The number of rotatable bonds is 5. The van der Waals surface area contributed by atoms with Gasteiger partial charge in [-0.05, 0) is 93.5 Å². The van der Waals surface area contributed by atoms with Gasteiger partial charge in [0.15, 0.2) is 5.11 Å². The zero-order valence-electron chi connectivity index (χ0n) is 16.9. The zero-order valence-corrected chi connectivity index (χ0v) is 17.7. The Kier molecular flexibility index (Phi) is 6.32. The molecule has 0 saturated heterocycles. The third-order valence-corrected chi connectivity index (χ3v) is 5.01. The predicted molar refractivity (Wildman–Crippen MR) is 126 cm³/mol. The molecule has 3 aromatic rings. The molecule has 0 fully saturated rings. The number of thiocarbonyl (C=S) groups is 1. The fourth-order valence-corrected chi connectivity index (χ4v) is 3.44. The fraction of sp³-hybridized carbons (Fsp3) is 0.208. The minimum absolute atomic E-state index is 0.355. The summed E-state index contributed by atoms with van der Waals surface area (Å²) in [6.45, 7) is 8.59. The Morgan fingerprint density at radius 3 is 2.07 bits per heavy atom. The molecular weight excluding hydrogens is 362 g/mol. The van der Waals surface area contributed by atoms with Gasteiger partial charge in [0, 0.05) is 28.8 Å². The highest BCUT2D eigenvalue weighted by Gasteiger charge is 2.12. The molecule has 0 aliphatic rings. The Hall–Kier alpha value is -2.85. The molecule has 28 heavy (non-hydrogen) atoms. The summed E-state index contributed by atoms with van der Waals surface area (Å²) >= 11 is 5.49. The summed E-state index contributed by atoms with van der Waals surface area (Å²) in [6.07, 6.45) is 0. The minimum atomic E-state index is 0.355. The van der Waals surface area contributed by atoms with Crippen molar-refractivity contribution in [1.29, 1.82) is 0 Å². The molecule has 0 aromatic heterocycles. The van der Waals surface area contributed by atoms with Crippen LogP contribution in [0.5, 0.6) is 0 Å². The summed E-state index contributed by atoms with van der Waals surface area (Å²) in [4.78, 5) is 2.32. The molecule has 3 rings (SSSR count). The van der Waals surface area contributed by atoms with Gasteiger partial charge in [-0.1, -0.05) is 30.3 Å². The molecule has 0 saturated carbocycles. The van der Waals surface area contributed by atoms with Gasteiger partial charge < -0.3 is 15.5 Å². The molecule has 0 atom stereocenters. The Balaban J connectivity index is 1.71. The Labute approximate surface area is 173 Å². The van der Waals surface area contributed by atoms with Crippen LogP contribution in [-0.4, -0.2) is 11.2 Å². The highest BCUT2D eigenvalue weighted by molar-refractivity contribution is 7.80. The highest BCUT2D eigenvalue weighted by Crippen LogP contribution is 2.28. The van der Waals surface area contributed by atoms with E-state index in [1.165, 1.54) is 16.8 Å². The van der Waals surface area contributed by atoms with Crippen LogP contribution in [0.15, 0.2) is 72.8 Å². The summed E-state index contributed by atoms with van der Waals surface area (Å²) in [5.74, 6) is 0. The largest absolute Gasteiger partial charge is 0.339 e. The van der Waals surface area contributed by atoms with Crippen LogP contribution in [0.4, 0.5) is 22.7 Å². The van der Waals surface area contributed by atoms with Crippen molar-refractivity contribution >= 4 is 40.1 Å². The molecule has 0 bridgehead atoms. The smallest absolute Gasteiger partial charge is 0.175 e. The zero-order chi connectivity index (χ0) is 20.1. The lowest BCUT2D eigenvalue weighted by Gasteiger charge is -2.29. The fourth-order valence-electron chi connectivity index (χ4n) is 3.21. The lowest BCUT2D eigenvalue weighted by Crippen LogP contribution is -2.25. The second kappa shape index (κ2) is 8.89. The molecular formula is C24H27N3S. The quantitative estimate of drug-likeness (QED) is 0.477. The van der Waals surface area contributed by atoms with E-state index in [0.717, 1.165) is 17.1 Å². The van der Waals surface area contributed by atoms with E-state index < -0.39 is 0 Å². The number of nitrogens with one attached hydrogen (secondary N) is 2. The molecule has 3 aromatic carbocycles. The third kappa shape index (κ3) is 4.70. The van der Waals surface area contributed by atoms with Crippen LogP contribution in [-0.2, 0) is 0 Å². The van der Waals surface area contributed by atoms with Gasteiger partial charge in [0.1, 0.15) is 0 Å². The topological polar surface area (TPSA) is 27.3 Å². The first-order valence-electron chi connectivity index (χ1n) is 9.54. The van der Waals surface area contributed by atoms with Gasteiger partial charge in [-0.2, -0.15) is 0 Å². The van der Waals surface area contributed by atoms with E-state index in [1.807, 2.05) is 18.2 Å². The van der Waals surface area contributed by atoms with Gasteiger partial charge in [-0.25, -0.2) is 0 Å². The molecule has 0 heterocycles. The van der Waals surface area contributed by atoms with Crippen LogP contribution in [0.3, 0.4) is 0 Å². The maximum Gasteiger partial charge on any atom is 0.175 e. The molecule has 4 heteroatoms. The van der Waals surface area contributed by atoms with Crippen molar-refractivity contribution in [3.8, 4) is 0 Å². The van der Waals surface area contributed by atoms with Crippen LogP contribution in [0.25, 0.3) is 0 Å². The van der Waals surface area contributed by atoms with E-state index in [4.69, 9.17) is 12.2 Å². The summed E-state index contributed by atoms with van der Waals surface area (Å²) < 4.78 is 0. The predicted octanol–water partition coefficient (Wildman–Crippen LogP) is 6.66. The third-order valence-electron chi connectivity index (χ3n) is 4.81. The maximum absolute atomic E-state index is 5.49.